The van der Waals surface area contributed by atoms with Crippen LogP contribution in [0.1, 0.15) is 27.7 Å². The Morgan fingerprint density at radius 3 is 2.63 bits per heavy atom. The summed E-state index contributed by atoms with van der Waals surface area (Å²) < 4.78 is 0. The lowest BCUT2D eigenvalue weighted by Crippen LogP contribution is -2.29. The SMILES string of the molecule is CC(C)C(C)(C)CNc1nc(NN)ncc1[N+](=O)[O-]. The maximum Gasteiger partial charge on any atom is 0.329 e. The van der Waals surface area contributed by atoms with Gasteiger partial charge in [0.05, 0.1) is 4.92 Å². The summed E-state index contributed by atoms with van der Waals surface area (Å²) in [6, 6.07) is 0. The number of anilines is 2. The van der Waals surface area contributed by atoms with Crippen LogP contribution in [0.15, 0.2) is 6.20 Å². The number of hydrogen-bond donors (Lipinski definition) is 3. The summed E-state index contributed by atoms with van der Waals surface area (Å²) in [7, 11) is 0. The molecule has 0 radical (unpaired) electrons. The Morgan fingerprint density at radius 1 is 1.53 bits per heavy atom. The fourth-order valence-corrected chi connectivity index (χ4v) is 1.22. The highest BCUT2D eigenvalue weighted by Gasteiger charge is 2.24. The van der Waals surface area contributed by atoms with Gasteiger partial charge in [0.2, 0.25) is 11.8 Å². The van der Waals surface area contributed by atoms with Crippen molar-refractivity contribution >= 4 is 17.5 Å². The van der Waals surface area contributed by atoms with Gasteiger partial charge in [0, 0.05) is 6.54 Å². The lowest BCUT2D eigenvalue weighted by atomic mass is 9.81. The van der Waals surface area contributed by atoms with Crippen molar-refractivity contribution in [2.45, 2.75) is 27.7 Å². The van der Waals surface area contributed by atoms with E-state index in [1.54, 1.807) is 0 Å². The zero-order valence-electron chi connectivity index (χ0n) is 11.6. The van der Waals surface area contributed by atoms with Gasteiger partial charge in [-0.15, -0.1) is 0 Å². The van der Waals surface area contributed by atoms with E-state index in [4.69, 9.17) is 5.84 Å². The highest BCUT2D eigenvalue weighted by molar-refractivity contribution is 5.56. The van der Waals surface area contributed by atoms with Crippen LogP contribution in [0, 0.1) is 21.4 Å². The average molecular weight is 268 g/mol. The summed E-state index contributed by atoms with van der Waals surface area (Å²) in [6.45, 7) is 8.93. The molecule has 0 amide bonds. The number of nitro groups is 1. The molecule has 0 unspecified atom stereocenters. The molecule has 0 aliphatic heterocycles. The number of aromatic nitrogens is 2. The van der Waals surface area contributed by atoms with Gasteiger partial charge in [-0.1, -0.05) is 27.7 Å². The van der Waals surface area contributed by atoms with Crippen LogP contribution in [0.4, 0.5) is 17.5 Å². The number of nitrogens with two attached hydrogens (primary N) is 1. The van der Waals surface area contributed by atoms with Crippen molar-refractivity contribution in [2.75, 3.05) is 17.3 Å². The Kier molecular flexibility index (Phi) is 4.60. The minimum atomic E-state index is -0.523. The van der Waals surface area contributed by atoms with Crippen LogP contribution < -0.4 is 16.6 Å². The summed E-state index contributed by atoms with van der Waals surface area (Å²) in [4.78, 5) is 18.1. The van der Waals surface area contributed by atoms with Gasteiger partial charge in [-0.2, -0.15) is 4.98 Å². The molecule has 1 heterocycles. The van der Waals surface area contributed by atoms with E-state index in [1.807, 2.05) is 0 Å². The topological polar surface area (TPSA) is 119 Å². The molecule has 1 aromatic heterocycles. The Hall–Kier alpha value is -1.96. The van der Waals surface area contributed by atoms with Gasteiger partial charge in [-0.25, -0.2) is 10.8 Å². The Morgan fingerprint density at radius 2 is 2.16 bits per heavy atom. The third kappa shape index (κ3) is 3.75. The van der Waals surface area contributed by atoms with Crippen molar-refractivity contribution in [2.24, 2.45) is 17.2 Å². The van der Waals surface area contributed by atoms with Crippen LogP contribution in [0.5, 0.6) is 0 Å². The summed E-state index contributed by atoms with van der Waals surface area (Å²) >= 11 is 0. The molecule has 0 saturated heterocycles. The van der Waals surface area contributed by atoms with Crippen LogP contribution in [0.3, 0.4) is 0 Å². The van der Waals surface area contributed by atoms with E-state index in [2.05, 4.69) is 48.4 Å². The highest BCUT2D eigenvalue weighted by Crippen LogP contribution is 2.28. The van der Waals surface area contributed by atoms with Crippen molar-refractivity contribution in [3.05, 3.63) is 16.3 Å². The van der Waals surface area contributed by atoms with Crippen LogP contribution >= 0.6 is 0 Å². The first-order valence-electron chi connectivity index (χ1n) is 6.00. The largest absolute Gasteiger partial charge is 0.364 e. The third-order valence-electron chi connectivity index (χ3n) is 3.37. The molecule has 0 spiro atoms. The average Bonchev–Trinajstić information content (AvgIpc) is 2.35. The monoisotopic (exact) mass is 268 g/mol. The maximum absolute atomic E-state index is 10.9. The third-order valence-corrected chi connectivity index (χ3v) is 3.37. The zero-order valence-corrected chi connectivity index (χ0v) is 11.6. The highest BCUT2D eigenvalue weighted by atomic mass is 16.6. The number of nitrogens with zero attached hydrogens (tertiary/aromatic N) is 3. The quantitative estimate of drug-likeness (QED) is 0.408. The fraction of sp³-hybridized carbons (Fsp3) is 0.636. The zero-order chi connectivity index (χ0) is 14.6. The van der Waals surface area contributed by atoms with Crippen LogP contribution in [-0.4, -0.2) is 21.4 Å². The predicted molar refractivity (Wildman–Crippen MR) is 73.6 cm³/mol. The molecule has 8 nitrogen and oxygen atoms in total. The lowest BCUT2D eigenvalue weighted by molar-refractivity contribution is -0.384. The van der Waals surface area contributed by atoms with Gasteiger partial charge in [0.15, 0.2) is 0 Å². The lowest BCUT2D eigenvalue weighted by Gasteiger charge is -2.29. The van der Waals surface area contributed by atoms with Gasteiger partial charge < -0.3 is 5.32 Å². The van der Waals surface area contributed by atoms with Crippen LogP contribution in [0.25, 0.3) is 0 Å². The van der Waals surface area contributed by atoms with Gasteiger partial charge in [-0.3, -0.25) is 15.5 Å². The first-order valence-corrected chi connectivity index (χ1v) is 6.00. The van der Waals surface area contributed by atoms with E-state index in [9.17, 15) is 10.1 Å². The molecule has 0 aliphatic carbocycles. The van der Waals surface area contributed by atoms with Crippen molar-refractivity contribution in [1.82, 2.24) is 9.97 Å². The van der Waals surface area contributed by atoms with Crippen molar-refractivity contribution in [3.63, 3.8) is 0 Å². The Labute approximate surface area is 111 Å². The first-order chi connectivity index (χ1) is 8.77. The van der Waals surface area contributed by atoms with Gasteiger partial charge in [-0.05, 0) is 11.3 Å². The number of rotatable bonds is 6. The van der Waals surface area contributed by atoms with Crippen molar-refractivity contribution in [1.29, 1.82) is 0 Å². The molecule has 0 bridgehead atoms. The van der Waals surface area contributed by atoms with Crippen LogP contribution in [0.2, 0.25) is 0 Å². The molecule has 4 N–H and O–H groups in total. The second kappa shape index (κ2) is 5.79. The van der Waals surface area contributed by atoms with E-state index in [0.29, 0.717) is 12.5 Å². The molecule has 1 aromatic rings. The molecular formula is C11H20N6O2. The minimum Gasteiger partial charge on any atom is -0.364 e. The van der Waals surface area contributed by atoms with E-state index in [1.165, 1.54) is 0 Å². The Bertz CT molecular complexity index is 460. The van der Waals surface area contributed by atoms with Gasteiger partial charge >= 0.3 is 5.69 Å². The molecule has 1 rings (SSSR count). The van der Waals surface area contributed by atoms with Crippen molar-refractivity contribution < 1.29 is 4.92 Å². The number of hydrogen-bond acceptors (Lipinski definition) is 7. The van der Waals surface area contributed by atoms with Gasteiger partial charge in [0.25, 0.3) is 0 Å². The fourth-order valence-electron chi connectivity index (χ4n) is 1.22. The molecule has 0 atom stereocenters. The molecule has 0 fully saturated rings. The molecule has 0 aromatic carbocycles. The normalized spacial score (nSPS) is 11.5. The second-order valence-electron chi connectivity index (χ2n) is 5.33. The van der Waals surface area contributed by atoms with E-state index >= 15 is 0 Å². The van der Waals surface area contributed by atoms with E-state index in [0.717, 1.165) is 6.20 Å². The molecular weight excluding hydrogens is 248 g/mol. The molecule has 8 heteroatoms. The molecule has 19 heavy (non-hydrogen) atoms. The predicted octanol–water partition coefficient (Wildman–Crippen LogP) is 1.76. The summed E-state index contributed by atoms with van der Waals surface area (Å²) in [6.07, 6.45) is 1.13. The number of nitrogens with one attached hydrogen (secondary N) is 2. The summed E-state index contributed by atoms with van der Waals surface area (Å²) in [5, 5.41) is 13.9. The first kappa shape index (κ1) is 15.1. The van der Waals surface area contributed by atoms with Crippen molar-refractivity contribution in [3.8, 4) is 0 Å². The molecule has 106 valence electrons. The minimum absolute atomic E-state index is 0.0187. The van der Waals surface area contributed by atoms with Crippen LogP contribution in [-0.2, 0) is 0 Å². The number of hydrazine groups is 1. The molecule has 0 saturated carbocycles. The summed E-state index contributed by atoms with van der Waals surface area (Å²) in [5.41, 5.74) is 2.08. The smallest absolute Gasteiger partial charge is 0.329 e. The number of nitrogen functional groups attached to an aromatic ring is 1. The van der Waals surface area contributed by atoms with E-state index in [-0.39, 0.29) is 22.9 Å². The Balaban J connectivity index is 2.95. The summed E-state index contributed by atoms with van der Waals surface area (Å²) in [5.74, 6) is 5.93. The van der Waals surface area contributed by atoms with E-state index < -0.39 is 4.92 Å². The van der Waals surface area contributed by atoms with Gasteiger partial charge in [0.1, 0.15) is 6.20 Å². The second-order valence-corrected chi connectivity index (χ2v) is 5.33. The maximum atomic E-state index is 10.9. The molecule has 0 aliphatic rings. The standard InChI is InChI=1S/C11H20N6O2/c1-7(2)11(3,4)6-14-9-8(17(18)19)5-13-10(15-9)16-12/h5,7H,6,12H2,1-4H3,(H2,13,14,15,16).